The largest absolute Gasteiger partial charge is 0.493 e. The van der Waals surface area contributed by atoms with E-state index in [4.69, 9.17) is 15.3 Å². The lowest BCUT2D eigenvalue weighted by Crippen LogP contribution is -2.39. The Hall–Kier alpha value is -3.64. The summed E-state index contributed by atoms with van der Waals surface area (Å²) in [5.41, 5.74) is 3.53. The topological polar surface area (TPSA) is 164 Å². The van der Waals surface area contributed by atoms with Crippen molar-refractivity contribution in [3.05, 3.63) is 52.0 Å². The highest BCUT2D eigenvalue weighted by atomic mass is 79.9. The molecule has 33 heavy (non-hydrogen) atoms. The highest BCUT2D eigenvalue weighted by molar-refractivity contribution is 9.10. The standard InChI is InChI=1S/C21H24BrN5O6/c1-32-17-8-13(7-15(22)20(17)33-2)16(9-19(29)30)27-18(28)10-24-21(31)12-4-3-5-14(6-12)25-11-26-23/h3-8,11,16H,9-10,23H2,1-2H3,(H,24,31)(H,25,26)(H,27,28)(H,29,30). The van der Waals surface area contributed by atoms with E-state index in [2.05, 4.69) is 37.0 Å². The summed E-state index contributed by atoms with van der Waals surface area (Å²) in [5.74, 6) is 3.76. The van der Waals surface area contributed by atoms with Crippen LogP contribution in [0.2, 0.25) is 0 Å². The summed E-state index contributed by atoms with van der Waals surface area (Å²) in [6.45, 7) is -0.360. The molecule has 2 rings (SSSR count). The predicted molar refractivity (Wildman–Crippen MR) is 125 cm³/mol. The van der Waals surface area contributed by atoms with Crippen LogP contribution in [0.15, 0.2) is 45.9 Å². The van der Waals surface area contributed by atoms with Gasteiger partial charge in [-0.3, -0.25) is 14.4 Å². The number of nitrogens with one attached hydrogen (secondary N) is 3. The van der Waals surface area contributed by atoms with Gasteiger partial charge in [0.25, 0.3) is 5.91 Å². The SMILES string of the molecule is COc1cc(C(CC(=O)O)NC(=O)CNC(=O)c2cccc(N=CNN)c2)cc(Br)c1OC. The van der Waals surface area contributed by atoms with Crippen molar-refractivity contribution in [2.75, 3.05) is 20.8 Å². The Kier molecular flexibility index (Phi) is 9.63. The van der Waals surface area contributed by atoms with Crippen molar-refractivity contribution in [1.29, 1.82) is 0 Å². The van der Waals surface area contributed by atoms with Gasteiger partial charge in [-0.15, -0.1) is 0 Å². The summed E-state index contributed by atoms with van der Waals surface area (Å²) in [6.07, 6.45) is 0.885. The lowest BCUT2D eigenvalue weighted by molar-refractivity contribution is -0.137. The molecule has 0 fully saturated rings. The number of carbonyl (C=O) groups is 3. The van der Waals surface area contributed by atoms with E-state index in [9.17, 15) is 19.5 Å². The first-order valence-corrected chi connectivity index (χ1v) is 10.4. The van der Waals surface area contributed by atoms with Gasteiger partial charge in [0.15, 0.2) is 11.5 Å². The molecule has 0 aliphatic rings. The molecule has 0 radical (unpaired) electrons. The van der Waals surface area contributed by atoms with Gasteiger partial charge in [0.05, 0.1) is 43.4 Å². The molecule has 0 aliphatic carbocycles. The molecule has 2 amide bonds. The first-order chi connectivity index (χ1) is 15.8. The highest BCUT2D eigenvalue weighted by Gasteiger charge is 2.22. The Morgan fingerprint density at radius 1 is 1.21 bits per heavy atom. The number of ether oxygens (including phenoxy) is 2. The normalized spacial score (nSPS) is 11.5. The zero-order valence-corrected chi connectivity index (χ0v) is 19.5. The molecule has 0 spiro atoms. The Labute approximate surface area is 198 Å². The number of carboxylic acids is 1. The number of carboxylic acid groups (broad SMARTS) is 1. The van der Waals surface area contributed by atoms with Crippen LogP contribution in [0.3, 0.4) is 0 Å². The molecule has 2 aromatic rings. The van der Waals surface area contributed by atoms with E-state index in [1.807, 2.05) is 0 Å². The van der Waals surface area contributed by atoms with Crippen molar-refractivity contribution in [2.45, 2.75) is 12.5 Å². The number of carbonyl (C=O) groups excluding carboxylic acids is 2. The molecule has 1 atom stereocenters. The van der Waals surface area contributed by atoms with Crippen molar-refractivity contribution in [3.63, 3.8) is 0 Å². The summed E-state index contributed by atoms with van der Waals surface area (Å²) < 4.78 is 11.1. The first-order valence-electron chi connectivity index (χ1n) is 9.58. The van der Waals surface area contributed by atoms with Gasteiger partial charge in [-0.05, 0) is 51.8 Å². The van der Waals surface area contributed by atoms with Gasteiger partial charge in [0.2, 0.25) is 5.91 Å². The number of benzene rings is 2. The maximum absolute atomic E-state index is 12.5. The lowest BCUT2D eigenvalue weighted by Gasteiger charge is -2.20. The number of methoxy groups -OCH3 is 2. The van der Waals surface area contributed by atoms with Gasteiger partial charge in [0, 0.05) is 5.56 Å². The van der Waals surface area contributed by atoms with Gasteiger partial charge in [-0.25, -0.2) is 10.8 Å². The molecule has 0 aliphatic heterocycles. The summed E-state index contributed by atoms with van der Waals surface area (Å²) in [5, 5.41) is 14.4. The van der Waals surface area contributed by atoms with Crippen LogP contribution in [0.5, 0.6) is 11.5 Å². The molecule has 0 aromatic heterocycles. The number of amides is 2. The van der Waals surface area contributed by atoms with Gasteiger partial charge >= 0.3 is 5.97 Å². The van der Waals surface area contributed by atoms with Crippen LogP contribution in [-0.4, -0.2) is 50.0 Å². The summed E-state index contributed by atoms with van der Waals surface area (Å²) in [6, 6.07) is 8.75. The van der Waals surface area contributed by atoms with Crippen molar-refractivity contribution in [3.8, 4) is 11.5 Å². The van der Waals surface area contributed by atoms with E-state index in [1.54, 1.807) is 30.3 Å². The van der Waals surface area contributed by atoms with Gasteiger partial charge in [-0.2, -0.15) is 0 Å². The number of halogens is 1. The smallest absolute Gasteiger partial charge is 0.305 e. The van der Waals surface area contributed by atoms with Crippen molar-refractivity contribution < 1.29 is 29.0 Å². The van der Waals surface area contributed by atoms with Gasteiger partial charge < -0.3 is 30.6 Å². The number of nitrogens with zero attached hydrogens (tertiary/aromatic N) is 1. The third-order valence-corrected chi connectivity index (χ3v) is 4.97. The number of hydrogen-bond acceptors (Lipinski definition) is 7. The Morgan fingerprint density at radius 2 is 1.97 bits per heavy atom. The van der Waals surface area contributed by atoms with Crippen LogP contribution in [0, 0.1) is 0 Å². The van der Waals surface area contributed by atoms with Crippen molar-refractivity contribution >= 4 is 45.7 Å². The second kappa shape index (κ2) is 12.4. The number of hydrogen-bond donors (Lipinski definition) is 5. The number of aliphatic imine (C=N–C) groups is 1. The monoisotopic (exact) mass is 521 g/mol. The zero-order chi connectivity index (χ0) is 24.4. The minimum absolute atomic E-state index is 0.292. The molecular formula is C21H24BrN5O6. The van der Waals surface area contributed by atoms with Crippen molar-refractivity contribution in [1.82, 2.24) is 16.1 Å². The first kappa shape index (κ1) is 25.6. The number of rotatable bonds is 11. The third-order valence-electron chi connectivity index (χ3n) is 4.38. The third kappa shape index (κ3) is 7.47. The minimum Gasteiger partial charge on any atom is -0.493 e. The highest BCUT2D eigenvalue weighted by Crippen LogP contribution is 2.38. The van der Waals surface area contributed by atoms with Crippen LogP contribution < -0.4 is 31.4 Å². The van der Waals surface area contributed by atoms with E-state index < -0.39 is 23.8 Å². The lowest BCUT2D eigenvalue weighted by atomic mass is 10.0. The van der Waals surface area contributed by atoms with E-state index in [0.717, 1.165) is 0 Å². The minimum atomic E-state index is -1.11. The summed E-state index contributed by atoms with van der Waals surface area (Å²) in [4.78, 5) is 40.2. The molecule has 0 saturated carbocycles. The molecule has 176 valence electrons. The average Bonchev–Trinajstić information content (AvgIpc) is 2.80. The van der Waals surface area contributed by atoms with Gasteiger partial charge in [-0.1, -0.05) is 6.07 Å². The molecule has 0 bridgehead atoms. The maximum Gasteiger partial charge on any atom is 0.305 e. The molecule has 6 N–H and O–H groups in total. The number of aliphatic carboxylic acids is 1. The molecule has 12 heteroatoms. The van der Waals surface area contributed by atoms with E-state index >= 15 is 0 Å². The maximum atomic E-state index is 12.5. The van der Waals surface area contributed by atoms with Crippen LogP contribution in [0.1, 0.15) is 28.4 Å². The van der Waals surface area contributed by atoms with E-state index in [0.29, 0.717) is 32.8 Å². The summed E-state index contributed by atoms with van der Waals surface area (Å²) in [7, 11) is 2.92. The van der Waals surface area contributed by atoms with Crippen molar-refractivity contribution in [2.24, 2.45) is 10.8 Å². The molecule has 0 saturated heterocycles. The van der Waals surface area contributed by atoms with Crippen LogP contribution in [0.4, 0.5) is 5.69 Å². The van der Waals surface area contributed by atoms with Crippen LogP contribution in [-0.2, 0) is 9.59 Å². The Balaban J connectivity index is 2.10. The number of nitrogens with two attached hydrogens (primary N) is 1. The van der Waals surface area contributed by atoms with Crippen LogP contribution in [0.25, 0.3) is 0 Å². The molecule has 0 heterocycles. The van der Waals surface area contributed by atoms with E-state index in [-0.39, 0.29) is 13.0 Å². The van der Waals surface area contributed by atoms with Crippen LogP contribution >= 0.6 is 15.9 Å². The Bertz CT molecular complexity index is 1050. The second-order valence-electron chi connectivity index (χ2n) is 6.61. The Morgan fingerprint density at radius 3 is 2.61 bits per heavy atom. The fourth-order valence-electron chi connectivity index (χ4n) is 2.91. The fraction of sp³-hybridized carbons (Fsp3) is 0.238. The molecule has 2 aromatic carbocycles. The predicted octanol–water partition coefficient (Wildman–Crippen LogP) is 1.65. The average molecular weight is 522 g/mol. The second-order valence-corrected chi connectivity index (χ2v) is 7.47. The molecule has 11 nitrogen and oxygen atoms in total. The van der Waals surface area contributed by atoms with E-state index in [1.165, 1.54) is 26.6 Å². The zero-order valence-electron chi connectivity index (χ0n) is 17.9. The quantitative estimate of drug-likeness (QED) is 0.129. The molecule has 1 unspecified atom stereocenters. The fourth-order valence-corrected chi connectivity index (χ4v) is 3.53. The number of hydrazine groups is 1. The molecular weight excluding hydrogens is 498 g/mol. The summed E-state index contributed by atoms with van der Waals surface area (Å²) >= 11 is 3.35. The van der Waals surface area contributed by atoms with Gasteiger partial charge in [0.1, 0.15) is 6.34 Å².